The van der Waals surface area contributed by atoms with Crippen LogP contribution in [0.25, 0.3) is 0 Å². The number of aryl methyl sites for hydroxylation is 1. The summed E-state index contributed by atoms with van der Waals surface area (Å²) in [6, 6.07) is 7.91. The molecule has 0 saturated carbocycles. The first-order valence-corrected chi connectivity index (χ1v) is 5.43. The van der Waals surface area contributed by atoms with Crippen LogP contribution in [0.5, 0.6) is 0 Å². The maximum Gasteiger partial charge on any atom is 0.329 e. The molecule has 5 nitrogen and oxygen atoms in total. The molecule has 1 aliphatic carbocycles. The first-order chi connectivity index (χ1) is 8.18. The molecule has 0 radical (unpaired) electrons. The van der Waals surface area contributed by atoms with Crippen molar-refractivity contribution in [1.29, 1.82) is 0 Å². The second-order valence-electron chi connectivity index (χ2n) is 3.87. The van der Waals surface area contributed by atoms with Crippen LogP contribution in [0.15, 0.2) is 29.4 Å². The molecular weight excluding hydrogens is 218 g/mol. The Morgan fingerprint density at radius 1 is 1.24 bits per heavy atom. The molecule has 0 unspecified atom stereocenters. The largest absolute Gasteiger partial charge is 0.361 e. The number of carbonyl (C=O) groups is 2. The maximum atomic E-state index is 11.0. The van der Waals surface area contributed by atoms with Gasteiger partial charge in [0.1, 0.15) is 0 Å². The van der Waals surface area contributed by atoms with Gasteiger partial charge in [0.25, 0.3) is 0 Å². The smallest absolute Gasteiger partial charge is 0.329 e. The molecule has 17 heavy (non-hydrogen) atoms. The van der Waals surface area contributed by atoms with Crippen LogP contribution in [-0.2, 0) is 16.0 Å². The summed E-state index contributed by atoms with van der Waals surface area (Å²) in [4.78, 5) is 21.6. The molecular formula is C12H13N3O2. The van der Waals surface area contributed by atoms with Crippen LogP contribution in [0.4, 0.5) is 0 Å². The number of fused-ring (bicyclic) bond motifs is 1. The zero-order valence-electron chi connectivity index (χ0n) is 9.27. The van der Waals surface area contributed by atoms with E-state index in [4.69, 9.17) is 5.73 Å². The highest BCUT2D eigenvalue weighted by Gasteiger charge is 2.15. The van der Waals surface area contributed by atoms with Crippen LogP contribution in [0.1, 0.15) is 24.0 Å². The first kappa shape index (κ1) is 11.3. The Morgan fingerprint density at radius 2 is 2.00 bits per heavy atom. The normalized spacial score (nSPS) is 16.4. The number of benzene rings is 1. The minimum absolute atomic E-state index is 0.788. The average molecular weight is 231 g/mol. The molecule has 2 rings (SSSR count). The second-order valence-corrected chi connectivity index (χ2v) is 3.87. The summed E-state index contributed by atoms with van der Waals surface area (Å²) in [5.41, 5.74) is 10.0. The highest BCUT2D eigenvalue weighted by molar-refractivity contribution is 6.34. The molecule has 2 amide bonds. The van der Waals surface area contributed by atoms with E-state index in [0.717, 1.165) is 30.5 Å². The van der Waals surface area contributed by atoms with Crippen molar-refractivity contribution in [2.24, 2.45) is 10.8 Å². The van der Waals surface area contributed by atoms with E-state index >= 15 is 0 Å². The van der Waals surface area contributed by atoms with Crippen LogP contribution < -0.4 is 11.2 Å². The lowest BCUT2D eigenvalue weighted by atomic mass is 9.90. The molecule has 3 N–H and O–H groups in total. The number of hydrazone groups is 1. The number of hydrogen-bond acceptors (Lipinski definition) is 3. The Balaban J connectivity index is 2.21. The monoisotopic (exact) mass is 231 g/mol. The third-order valence-corrected chi connectivity index (χ3v) is 2.70. The Morgan fingerprint density at radius 3 is 2.76 bits per heavy atom. The lowest BCUT2D eigenvalue weighted by Gasteiger charge is -2.17. The number of amides is 2. The van der Waals surface area contributed by atoms with Crippen molar-refractivity contribution in [2.75, 3.05) is 0 Å². The number of nitrogens with zero attached hydrogens (tertiary/aromatic N) is 1. The van der Waals surface area contributed by atoms with Gasteiger partial charge in [-0.2, -0.15) is 5.10 Å². The number of hydrogen-bond donors (Lipinski definition) is 2. The van der Waals surface area contributed by atoms with Gasteiger partial charge in [-0.1, -0.05) is 24.3 Å². The van der Waals surface area contributed by atoms with Gasteiger partial charge in [-0.05, 0) is 24.8 Å². The van der Waals surface area contributed by atoms with E-state index in [9.17, 15) is 9.59 Å². The van der Waals surface area contributed by atoms with Crippen LogP contribution in [0, 0.1) is 0 Å². The molecule has 0 saturated heterocycles. The predicted molar refractivity (Wildman–Crippen MR) is 63.3 cm³/mol. The molecule has 0 fully saturated rings. The quantitative estimate of drug-likeness (QED) is 0.539. The fourth-order valence-corrected chi connectivity index (χ4v) is 1.89. The topological polar surface area (TPSA) is 84.5 Å². The van der Waals surface area contributed by atoms with Gasteiger partial charge in [-0.3, -0.25) is 9.59 Å². The zero-order valence-corrected chi connectivity index (χ0v) is 9.27. The Kier molecular flexibility index (Phi) is 3.18. The zero-order chi connectivity index (χ0) is 12.3. The summed E-state index contributed by atoms with van der Waals surface area (Å²) >= 11 is 0. The summed E-state index contributed by atoms with van der Waals surface area (Å²) < 4.78 is 0. The third-order valence-electron chi connectivity index (χ3n) is 2.70. The van der Waals surface area contributed by atoms with Crippen LogP contribution in [0.3, 0.4) is 0 Å². The van der Waals surface area contributed by atoms with E-state index in [1.165, 1.54) is 5.56 Å². The fraction of sp³-hybridized carbons (Fsp3) is 0.250. The molecule has 88 valence electrons. The first-order valence-electron chi connectivity index (χ1n) is 5.43. The summed E-state index contributed by atoms with van der Waals surface area (Å²) in [7, 11) is 0. The maximum absolute atomic E-state index is 11.0. The molecule has 0 bridgehead atoms. The predicted octanol–water partition coefficient (Wildman–Crippen LogP) is 0.329. The summed E-state index contributed by atoms with van der Waals surface area (Å²) in [5.74, 6) is -1.92. The van der Waals surface area contributed by atoms with Crippen molar-refractivity contribution in [3.63, 3.8) is 0 Å². The molecule has 1 aromatic rings. The minimum atomic E-state index is -1.03. The summed E-state index contributed by atoms with van der Waals surface area (Å²) in [6.07, 6.45) is 2.79. The van der Waals surface area contributed by atoms with Gasteiger partial charge >= 0.3 is 11.8 Å². The number of carbonyl (C=O) groups excluding carboxylic acids is 2. The number of rotatable bonds is 1. The molecule has 0 heterocycles. The Hall–Kier alpha value is -2.17. The molecule has 0 atom stereocenters. The lowest BCUT2D eigenvalue weighted by molar-refractivity contribution is -0.137. The van der Waals surface area contributed by atoms with Crippen molar-refractivity contribution in [3.05, 3.63) is 35.4 Å². The second kappa shape index (κ2) is 4.78. The van der Waals surface area contributed by atoms with Crippen molar-refractivity contribution in [3.8, 4) is 0 Å². The molecule has 0 aliphatic heterocycles. The average Bonchev–Trinajstić information content (AvgIpc) is 2.35. The van der Waals surface area contributed by atoms with Crippen molar-refractivity contribution < 1.29 is 9.59 Å². The SMILES string of the molecule is NC(=O)C(=O)N/N=C1\CCCc2ccccc21. The van der Waals surface area contributed by atoms with E-state index in [0.29, 0.717) is 0 Å². The molecule has 1 aromatic carbocycles. The molecule has 0 spiro atoms. The number of primary amides is 1. The van der Waals surface area contributed by atoms with Crippen molar-refractivity contribution in [2.45, 2.75) is 19.3 Å². The van der Waals surface area contributed by atoms with Gasteiger partial charge in [-0.15, -0.1) is 0 Å². The van der Waals surface area contributed by atoms with Crippen LogP contribution in [-0.4, -0.2) is 17.5 Å². The van der Waals surface area contributed by atoms with E-state index in [2.05, 4.69) is 10.5 Å². The molecule has 0 aromatic heterocycles. The summed E-state index contributed by atoms with van der Waals surface area (Å²) in [5, 5.41) is 3.96. The third kappa shape index (κ3) is 2.50. The number of nitrogens with two attached hydrogens (primary N) is 1. The van der Waals surface area contributed by atoms with E-state index in [1.54, 1.807) is 0 Å². The van der Waals surface area contributed by atoms with Gasteiger partial charge in [0.15, 0.2) is 0 Å². The van der Waals surface area contributed by atoms with Gasteiger partial charge in [0, 0.05) is 5.56 Å². The Labute approximate surface area is 98.7 Å². The summed E-state index contributed by atoms with van der Waals surface area (Å²) in [6.45, 7) is 0. The minimum Gasteiger partial charge on any atom is -0.361 e. The van der Waals surface area contributed by atoms with E-state index in [-0.39, 0.29) is 0 Å². The van der Waals surface area contributed by atoms with Gasteiger partial charge < -0.3 is 5.73 Å². The fourth-order valence-electron chi connectivity index (χ4n) is 1.89. The molecule has 5 heteroatoms. The van der Waals surface area contributed by atoms with Gasteiger partial charge in [-0.25, -0.2) is 5.43 Å². The lowest BCUT2D eigenvalue weighted by Crippen LogP contribution is -2.34. The molecule has 1 aliphatic rings. The number of nitrogens with one attached hydrogen (secondary N) is 1. The highest BCUT2D eigenvalue weighted by Crippen LogP contribution is 2.20. The van der Waals surface area contributed by atoms with Gasteiger partial charge in [0.05, 0.1) is 5.71 Å². The van der Waals surface area contributed by atoms with Crippen LogP contribution >= 0.6 is 0 Å². The van der Waals surface area contributed by atoms with E-state index in [1.807, 2.05) is 24.3 Å². The van der Waals surface area contributed by atoms with E-state index < -0.39 is 11.8 Å². The standard InChI is InChI=1S/C12H13N3O2/c13-11(16)12(17)15-14-10-7-3-5-8-4-1-2-6-9(8)10/h1-2,4,6H,3,5,7H2,(H2,13,16)(H,15,17)/b14-10+. The van der Waals surface area contributed by atoms with Crippen molar-refractivity contribution in [1.82, 2.24) is 5.43 Å². The Bertz CT molecular complexity index is 494. The van der Waals surface area contributed by atoms with Gasteiger partial charge in [0.2, 0.25) is 0 Å². The van der Waals surface area contributed by atoms with Crippen molar-refractivity contribution >= 4 is 17.5 Å². The van der Waals surface area contributed by atoms with Crippen LogP contribution in [0.2, 0.25) is 0 Å². The highest BCUT2D eigenvalue weighted by atomic mass is 16.2.